The third-order valence-corrected chi connectivity index (χ3v) is 11.0. The van der Waals surface area contributed by atoms with Crippen LogP contribution >= 0.6 is 48.2 Å². The lowest BCUT2D eigenvalue weighted by Crippen LogP contribution is -2.05. The van der Waals surface area contributed by atoms with Crippen molar-refractivity contribution in [2.75, 3.05) is 21.1 Å². The zero-order valence-electron chi connectivity index (χ0n) is 34.4. The van der Waals surface area contributed by atoms with Gasteiger partial charge in [-0.05, 0) is 113 Å². The molecular weight excluding hydrogens is 871 g/mol. The molecule has 0 aliphatic rings. The molecule has 6 aromatic rings. The fraction of sp³-hybridized carbons (Fsp3) is 0.209. The maximum atomic E-state index is 11.5. The molecule has 1 atom stereocenters. The van der Waals surface area contributed by atoms with Crippen molar-refractivity contribution in [3.8, 4) is 22.9 Å². The minimum atomic E-state index is -3.78. The quantitative estimate of drug-likeness (QED) is 0.0347. The van der Waals surface area contributed by atoms with Gasteiger partial charge in [0.25, 0.3) is 0 Å². The lowest BCUT2D eigenvalue weighted by atomic mass is 10.1. The average Bonchev–Trinajstić information content (AvgIpc) is 3.85. The molecule has 6 rings (SSSR count). The number of benzene rings is 4. The summed E-state index contributed by atoms with van der Waals surface area (Å²) in [6.45, 7) is 6.45. The number of halogens is 2. The highest BCUT2D eigenvalue weighted by molar-refractivity contribution is 8.13. The minimum absolute atomic E-state index is 0.315. The summed E-state index contributed by atoms with van der Waals surface area (Å²) in [5.74, 6) is 2.92. The third-order valence-electron chi connectivity index (χ3n) is 7.88. The van der Waals surface area contributed by atoms with E-state index >= 15 is 0 Å². The summed E-state index contributed by atoms with van der Waals surface area (Å²) in [5, 5.41) is 0. The van der Waals surface area contributed by atoms with Crippen molar-refractivity contribution in [3.05, 3.63) is 142 Å². The molecule has 0 fully saturated rings. The van der Waals surface area contributed by atoms with E-state index in [1.54, 1.807) is 48.2 Å². The maximum Gasteiger partial charge on any atom is 0.337 e. The number of thiocarbonyl (C=S) groups is 1. The van der Waals surface area contributed by atoms with Crippen molar-refractivity contribution >= 4 is 79.9 Å². The number of carbonyl (C=O) groups excluding carboxylic acids is 3. The fourth-order valence-electron chi connectivity index (χ4n) is 4.55. The molecule has 0 N–H and O–H groups in total. The highest BCUT2D eigenvalue weighted by Crippen LogP contribution is 2.28. The summed E-state index contributed by atoms with van der Waals surface area (Å²) in [6.07, 6.45) is 0. The highest BCUT2D eigenvalue weighted by atomic mass is 35.5. The van der Waals surface area contributed by atoms with Crippen molar-refractivity contribution in [3.63, 3.8) is 0 Å². The van der Waals surface area contributed by atoms with Gasteiger partial charge in [-0.15, -0.1) is 36.0 Å². The Morgan fingerprint density at radius 1 is 0.817 bits per heavy atom. The van der Waals surface area contributed by atoms with Crippen molar-refractivity contribution < 1.29 is 46.8 Å². The first-order valence-electron chi connectivity index (χ1n) is 18.0. The molecule has 11 nitrogen and oxygen atoms in total. The summed E-state index contributed by atoms with van der Waals surface area (Å²) in [7, 11) is -1.06. The molecule has 1 unspecified atom stereocenters. The van der Waals surface area contributed by atoms with Crippen molar-refractivity contribution in [2.24, 2.45) is 0 Å². The number of rotatable bonds is 10. The molecule has 60 heavy (non-hydrogen) atoms. The summed E-state index contributed by atoms with van der Waals surface area (Å²) in [4.78, 5) is 44.0. The second kappa shape index (κ2) is 24.9. The van der Waals surface area contributed by atoms with E-state index in [4.69, 9.17) is 26.5 Å². The first-order chi connectivity index (χ1) is 29.1. The number of thiol groups is 1. The topological polar surface area (TPSA) is 148 Å². The molecule has 0 saturated heterocycles. The van der Waals surface area contributed by atoms with Crippen LogP contribution in [0.15, 0.2) is 116 Å². The molecule has 0 saturated carbocycles. The predicted octanol–water partition coefficient (Wildman–Crippen LogP) is 10.7. The molecule has 2 heterocycles. The van der Waals surface area contributed by atoms with Gasteiger partial charge in [0, 0.05) is 31.0 Å². The number of methoxy groups -OCH3 is 2. The van der Waals surface area contributed by atoms with E-state index in [2.05, 4.69) is 81.8 Å². The number of nitrogens with zero attached hydrogens (tertiary/aromatic N) is 2. The third kappa shape index (κ3) is 15.5. The van der Waals surface area contributed by atoms with E-state index in [1.165, 1.54) is 34.6 Å². The van der Waals surface area contributed by atoms with Gasteiger partial charge >= 0.3 is 11.9 Å². The van der Waals surface area contributed by atoms with Crippen molar-refractivity contribution in [1.82, 2.24) is 9.97 Å². The number of aromatic nitrogens is 2. The first-order valence-corrected chi connectivity index (χ1v) is 21.4. The molecule has 0 spiro atoms. The lowest BCUT2D eigenvalue weighted by molar-refractivity contribution is 0.0592. The molecule has 0 aliphatic heterocycles. The van der Waals surface area contributed by atoms with E-state index in [0.717, 1.165) is 38.9 Å². The summed E-state index contributed by atoms with van der Waals surface area (Å²) >= 11 is 15.6. The van der Waals surface area contributed by atoms with Gasteiger partial charge in [-0.2, -0.15) is 0 Å². The molecule has 0 aliphatic carbocycles. The second-order valence-corrected chi connectivity index (χ2v) is 16.1. The summed E-state index contributed by atoms with van der Waals surface area (Å²) < 4.78 is 54.1. The standard InChI is InChI=1S/C20H19NO3S.C13H12ClNO3.C7H8S.C3H3FO3S2/c1-13-4-10-17(11-5-13)25-12-18-14(2)24-19(21-18)15-6-8-16(9-7-15)20(22)23-3;1-8-11(7-14)15-12(18-8)9-3-5-10(6-4-9)13(16)17-2;1-6-2-4-7(8)5-3-6;4-1-7-9(6,2-5)3-8/h4-11H,12H2,1-3H3;3-6H,7H2,1-2H3;2-5,8H,1H3;2H,1H2/i;;;2D. The van der Waals surface area contributed by atoms with Gasteiger partial charge < -0.3 is 18.3 Å². The number of ether oxygens (including phenoxy) is 2. The second-order valence-electron chi connectivity index (χ2n) is 12.1. The van der Waals surface area contributed by atoms with Crippen LogP contribution in [0, 0.1) is 27.7 Å². The normalized spacial score (nSPS) is 11.4. The number of thioether (sulfide) groups is 1. The van der Waals surface area contributed by atoms with Gasteiger partial charge in [0.05, 0.1) is 42.6 Å². The van der Waals surface area contributed by atoms with Gasteiger partial charge in [0.15, 0.2) is 9.80 Å². The maximum absolute atomic E-state index is 11.5. The van der Waals surface area contributed by atoms with Crippen LogP contribution in [0.4, 0.5) is 4.39 Å². The Labute approximate surface area is 370 Å². The predicted molar refractivity (Wildman–Crippen MR) is 239 cm³/mol. The molecular formula is C43H42ClFN2O9S4. The van der Waals surface area contributed by atoms with Gasteiger partial charge in [-0.3, -0.25) is 8.98 Å². The molecule has 0 radical (unpaired) electrons. The van der Waals surface area contributed by atoms with E-state index in [1.807, 2.05) is 50.2 Å². The van der Waals surface area contributed by atoms with Crippen LogP contribution in [0.1, 0.15) is 56.1 Å². The summed E-state index contributed by atoms with van der Waals surface area (Å²) in [6, 6.07) is 30.4. The Morgan fingerprint density at radius 3 is 1.60 bits per heavy atom. The molecule has 0 bridgehead atoms. The molecule has 316 valence electrons. The number of carbonyl (C=O) groups is 3. The summed E-state index contributed by atoms with van der Waals surface area (Å²) in [5.41, 5.74) is 5.24. The molecule has 2 aromatic heterocycles. The Balaban J connectivity index is 0.000000239. The Hall–Kier alpha value is -5.06. The van der Waals surface area contributed by atoms with Crippen LogP contribution in [0.2, 0.25) is 0 Å². The zero-order chi connectivity index (χ0) is 45.1. The lowest BCUT2D eigenvalue weighted by Gasteiger charge is -2.00. The number of hydrogen-bond donors (Lipinski definition) is 1. The van der Waals surface area contributed by atoms with Crippen LogP contribution in [0.5, 0.6) is 0 Å². The fourth-order valence-corrected chi connectivity index (χ4v) is 6.35. The van der Waals surface area contributed by atoms with E-state index in [-0.39, 0.29) is 11.9 Å². The van der Waals surface area contributed by atoms with Crippen molar-refractivity contribution in [1.29, 1.82) is 0 Å². The molecule has 4 aromatic carbocycles. The monoisotopic (exact) mass is 913 g/mol. The smallest absolute Gasteiger partial charge is 0.337 e. The van der Waals surface area contributed by atoms with Gasteiger partial charge in [0.1, 0.15) is 12.9 Å². The van der Waals surface area contributed by atoms with Crippen LogP contribution in [0.3, 0.4) is 0 Å². The number of hydrogen-bond acceptors (Lipinski definition) is 14. The molecule has 0 amide bonds. The van der Waals surface area contributed by atoms with Crippen LogP contribution in [0.25, 0.3) is 22.9 Å². The van der Waals surface area contributed by atoms with E-state index < -0.39 is 22.3 Å². The van der Waals surface area contributed by atoms with Crippen LogP contribution in [-0.2, 0) is 39.9 Å². The SMILES string of the molecule is COC(=O)c1ccc(-c2nc(CCl)c(C)o2)cc1.COC(=O)c1ccc(-c2nc(CSc3ccc(C)cc3)c(C)o2)cc1.Cc1ccc(S)cc1.[2H]C(=O)S(=O)(=C=S)OCF. The Kier molecular flexibility index (Phi) is 19.7. The van der Waals surface area contributed by atoms with Gasteiger partial charge in [0.2, 0.25) is 24.2 Å². The van der Waals surface area contributed by atoms with Crippen molar-refractivity contribution in [2.45, 2.75) is 49.1 Å². The highest BCUT2D eigenvalue weighted by Gasteiger charge is 2.14. The molecule has 17 heteroatoms. The largest absolute Gasteiger partial charge is 0.465 e. The van der Waals surface area contributed by atoms with Gasteiger partial charge in [-0.25, -0.2) is 28.2 Å². The Bertz CT molecular complexity index is 2500. The average molecular weight is 915 g/mol. The number of esters is 2. The minimum Gasteiger partial charge on any atom is -0.465 e. The number of oxazole rings is 2. The van der Waals surface area contributed by atoms with E-state index in [9.17, 15) is 23.0 Å². The first kappa shape index (κ1) is 47.6. The number of aryl methyl sites for hydroxylation is 4. The number of alkyl halides is 2. The van der Waals surface area contributed by atoms with Gasteiger partial charge in [-0.1, -0.05) is 35.4 Å². The Morgan fingerprint density at radius 2 is 1.25 bits per heavy atom. The zero-order valence-corrected chi connectivity index (χ0v) is 37.5. The van der Waals surface area contributed by atoms with E-state index in [0.29, 0.717) is 34.5 Å². The van der Waals surface area contributed by atoms with Crippen LogP contribution in [-0.4, -0.2) is 57.1 Å². The van der Waals surface area contributed by atoms with Crippen LogP contribution < -0.4 is 0 Å².